The van der Waals surface area contributed by atoms with Crippen molar-refractivity contribution in [2.45, 2.75) is 23.1 Å². The zero-order valence-corrected chi connectivity index (χ0v) is 9.21. The van der Waals surface area contributed by atoms with Crippen LogP contribution in [-0.4, -0.2) is 27.3 Å². The van der Waals surface area contributed by atoms with E-state index in [1.807, 2.05) is 0 Å². The predicted octanol–water partition coefficient (Wildman–Crippen LogP) is 0.207. The minimum atomic E-state index is -1.19. The highest BCUT2D eigenvalue weighted by atomic mass is 127. The molecule has 0 fully saturated rings. The molecule has 0 aromatic rings. The van der Waals surface area contributed by atoms with Crippen molar-refractivity contribution in [3.8, 4) is 0 Å². The number of ether oxygens (including phenoxy) is 1. The normalized spacial score (nSPS) is 14.1. The Labute approximate surface area is 93.1 Å². The van der Waals surface area contributed by atoms with E-state index in [2.05, 4.69) is 9.91 Å². The minimum Gasteiger partial charge on any atom is -0.481 e. The van der Waals surface area contributed by atoms with Gasteiger partial charge in [0.1, 0.15) is 6.04 Å². The lowest BCUT2D eigenvalue weighted by atomic mass is 10.1. The van der Waals surface area contributed by atoms with Gasteiger partial charge in [-0.05, 0) is 22.6 Å². The number of halogens is 1. The molecular formula is C6H9IN2O5. The first-order chi connectivity index (χ1) is 6.45. The number of carboxylic acids is 1. The van der Waals surface area contributed by atoms with Crippen LogP contribution in [0.1, 0.15) is 12.8 Å². The molecule has 0 aromatic heterocycles. The number of alkyl halides is 1. The molecule has 0 saturated heterocycles. The minimum absolute atomic E-state index is 0.369. The van der Waals surface area contributed by atoms with Gasteiger partial charge in [-0.3, -0.25) is 15.3 Å². The number of nitroso groups, excluding NO2 is 1. The van der Waals surface area contributed by atoms with Crippen LogP contribution in [0.3, 0.4) is 0 Å². The first-order valence-corrected chi connectivity index (χ1v) is 4.83. The van der Waals surface area contributed by atoms with E-state index in [-0.39, 0.29) is 6.42 Å². The van der Waals surface area contributed by atoms with Gasteiger partial charge in [-0.1, -0.05) is 5.18 Å². The second-order valence-corrected chi connectivity index (χ2v) is 3.63. The molecule has 0 heterocycles. The third-order valence-corrected chi connectivity index (χ3v) is 1.46. The van der Waals surface area contributed by atoms with E-state index in [1.54, 1.807) is 22.6 Å². The lowest BCUT2D eigenvalue weighted by Crippen LogP contribution is -2.24. The number of aliphatic carboxylic acids is 1. The molecule has 1 unspecified atom stereocenters. The molecular weight excluding hydrogens is 307 g/mol. The average molecular weight is 316 g/mol. The van der Waals surface area contributed by atoms with Crippen molar-refractivity contribution < 1.29 is 19.4 Å². The van der Waals surface area contributed by atoms with Crippen molar-refractivity contribution in [1.29, 1.82) is 0 Å². The van der Waals surface area contributed by atoms with Crippen LogP contribution in [0, 0.1) is 4.91 Å². The van der Waals surface area contributed by atoms with Crippen LogP contribution in [0.4, 0.5) is 0 Å². The molecule has 0 radical (unpaired) electrons. The molecule has 0 aliphatic carbocycles. The SMILES string of the molecule is N[C@@H](I)OC(=O)CC(CC(=O)O)N=O. The summed E-state index contributed by atoms with van der Waals surface area (Å²) in [6.45, 7) is 0. The molecule has 14 heavy (non-hydrogen) atoms. The molecule has 0 aliphatic rings. The molecule has 7 nitrogen and oxygen atoms in total. The van der Waals surface area contributed by atoms with Gasteiger partial charge in [0, 0.05) is 0 Å². The van der Waals surface area contributed by atoms with Gasteiger partial charge in [0.2, 0.25) is 4.23 Å². The quantitative estimate of drug-likeness (QED) is 0.180. The molecule has 2 atom stereocenters. The van der Waals surface area contributed by atoms with E-state index >= 15 is 0 Å². The van der Waals surface area contributed by atoms with Crippen LogP contribution in [0.2, 0.25) is 0 Å². The van der Waals surface area contributed by atoms with Crippen molar-refractivity contribution in [3.63, 3.8) is 0 Å². The molecule has 8 heteroatoms. The second-order valence-electron chi connectivity index (χ2n) is 2.40. The second kappa shape index (κ2) is 6.65. The van der Waals surface area contributed by atoms with E-state index in [9.17, 15) is 14.5 Å². The maximum atomic E-state index is 10.9. The smallest absolute Gasteiger partial charge is 0.310 e. The Hall–Kier alpha value is -0.770. The Morgan fingerprint density at radius 1 is 1.50 bits per heavy atom. The summed E-state index contributed by atoms with van der Waals surface area (Å²) in [5, 5.41) is 10.8. The van der Waals surface area contributed by atoms with Crippen molar-refractivity contribution in [3.05, 3.63) is 4.91 Å². The first-order valence-electron chi connectivity index (χ1n) is 3.59. The monoisotopic (exact) mass is 316 g/mol. The molecule has 0 bridgehead atoms. The van der Waals surface area contributed by atoms with E-state index in [0.29, 0.717) is 0 Å². The molecule has 3 N–H and O–H groups in total. The number of hydrogen-bond acceptors (Lipinski definition) is 6. The number of rotatable bonds is 6. The average Bonchev–Trinajstić information content (AvgIpc) is 2.00. The van der Waals surface area contributed by atoms with Gasteiger partial charge in [0.05, 0.1) is 12.8 Å². The highest BCUT2D eigenvalue weighted by molar-refractivity contribution is 14.1. The van der Waals surface area contributed by atoms with Crippen LogP contribution in [-0.2, 0) is 14.3 Å². The summed E-state index contributed by atoms with van der Waals surface area (Å²) in [5.41, 5.74) is 5.13. The summed E-state index contributed by atoms with van der Waals surface area (Å²) in [4.78, 5) is 31.2. The van der Waals surface area contributed by atoms with Gasteiger partial charge in [-0.15, -0.1) is 0 Å². The Morgan fingerprint density at radius 3 is 2.43 bits per heavy atom. The summed E-state index contributed by atoms with van der Waals surface area (Å²) in [5.74, 6) is -1.93. The van der Waals surface area contributed by atoms with Crippen LogP contribution in [0.15, 0.2) is 5.18 Å². The highest BCUT2D eigenvalue weighted by Crippen LogP contribution is 2.06. The van der Waals surface area contributed by atoms with E-state index in [1.165, 1.54) is 0 Å². The zero-order chi connectivity index (χ0) is 11.1. The molecule has 80 valence electrons. The van der Waals surface area contributed by atoms with Gasteiger partial charge in [0.15, 0.2) is 0 Å². The molecule has 0 aromatic carbocycles. The van der Waals surface area contributed by atoms with Crippen molar-refractivity contribution in [1.82, 2.24) is 0 Å². The maximum Gasteiger partial charge on any atom is 0.310 e. The molecule has 0 saturated carbocycles. The number of nitrogens with two attached hydrogens (primary N) is 1. The highest BCUT2D eigenvalue weighted by Gasteiger charge is 2.19. The lowest BCUT2D eigenvalue weighted by Gasteiger charge is -2.08. The van der Waals surface area contributed by atoms with Crippen LogP contribution < -0.4 is 5.73 Å². The summed E-state index contributed by atoms with van der Waals surface area (Å²) in [7, 11) is 0. The van der Waals surface area contributed by atoms with Gasteiger partial charge in [-0.2, -0.15) is 4.91 Å². The van der Waals surface area contributed by atoms with Crippen molar-refractivity contribution in [2.24, 2.45) is 10.9 Å². The molecule has 0 rings (SSSR count). The summed E-state index contributed by atoms with van der Waals surface area (Å²) in [6.07, 6.45) is -0.860. The fourth-order valence-corrected chi connectivity index (χ4v) is 0.998. The third-order valence-electron chi connectivity index (χ3n) is 1.21. The van der Waals surface area contributed by atoms with Gasteiger partial charge in [-0.25, -0.2) is 0 Å². The fourth-order valence-electron chi connectivity index (χ4n) is 0.714. The molecule has 0 amide bonds. The Kier molecular flexibility index (Phi) is 6.28. The third kappa shape index (κ3) is 6.71. The van der Waals surface area contributed by atoms with Crippen LogP contribution in [0.5, 0.6) is 0 Å². The van der Waals surface area contributed by atoms with Crippen LogP contribution in [0.25, 0.3) is 0 Å². The van der Waals surface area contributed by atoms with Gasteiger partial charge < -0.3 is 9.84 Å². The van der Waals surface area contributed by atoms with Gasteiger partial charge >= 0.3 is 11.9 Å². The largest absolute Gasteiger partial charge is 0.481 e. The fraction of sp³-hybridized carbons (Fsp3) is 0.667. The standard InChI is InChI=1S/C6H9IN2O5/c7-6(8)14-5(12)2-3(9-13)1-4(10)11/h3,6H,1-2,8H2,(H,10,11)/t3?,6-/m1/s1. The number of carbonyl (C=O) groups excluding carboxylic acids is 1. The molecule has 0 spiro atoms. The number of carboxylic acid groups (broad SMARTS) is 1. The van der Waals surface area contributed by atoms with E-state index < -0.39 is 28.6 Å². The predicted molar refractivity (Wildman–Crippen MR) is 54.5 cm³/mol. The summed E-state index contributed by atoms with van der Waals surface area (Å²) in [6, 6.07) is -1.10. The topological polar surface area (TPSA) is 119 Å². The Balaban J connectivity index is 3.98. The number of carbonyl (C=O) groups is 2. The summed E-state index contributed by atoms with van der Waals surface area (Å²) >= 11 is 1.65. The first kappa shape index (κ1) is 13.2. The van der Waals surface area contributed by atoms with Gasteiger partial charge in [0.25, 0.3) is 0 Å². The Morgan fingerprint density at radius 2 is 2.07 bits per heavy atom. The van der Waals surface area contributed by atoms with Crippen molar-refractivity contribution in [2.75, 3.05) is 0 Å². The zero-order valence-electron chi connectivity index (χ0n) is 7.05. The van der Waals surface area contributed by atoms with Crippen LogP contribution >= 0.6 is 22.6 Å². The molecule has 0 aliphatic heterocycles. The maximum absolute atomic E-state index is 10.9. The number of esters is 1. The Bertz CT molecular complexity index is 232. The van der Waals surface area contributed by atoms with E-state index in [0.717, 1.165) is 0 Å². The number of nitrogens with zero attached hydrogens (tertiary/aromatic N) is 1. The lowest BCUT2D eigenvalue weighted by molar-refractivity contribution is -0.145. The number of hydrogen-bond donors (Lipinski definition) is 2. The van der Waals surface area contributed by atoms with Crippen molar-refractivity contribution >= 4 is 34.5 Å². The van der Waals surface area contributed by atoms with E-state index in [4.69, 9.17) is 10.8 Å². The summed E-state index contributed by atoms with van der Waals surface area (Å²) < 4.78 is 3.69.